The Balaban J connectivity index is 1.73. The van der Waals surface area contributed by atoms with Crippen molar-refractivity contribution in [3.8, 4) is 0 Å². The van der Waals surface area contributed by atoms with Crippen LogP contribution in [-0.2, 0) is 14.4 Å². The molecule has 5 amide bonds. The molecule has 9 heteroatoms. The summed E-state index contributed by atoms with van der Waals surface area (Å²) < 4.78 is 0. The Morgan fingerprint density at radius 2 is 1.74 bits per heavy atom. The maximum Gasteiger partial charge on any atom is 0.334 e. The van der Waals surface area contributed by atoms with E-state index in [0.717, 1.165) is 24.2 Å². The van der Waals surface area contributed by atoms with Gasteiger partial charge in [-0.25, -0.2) is 9.69 Å². The van der Waals surface area contributed by atoms with Crippen LogP contribution in [-0.4, -0.2) is 46.1 Å². The molecule has 1 aromatic carbocycles. The SMILES string of the molecule is C[C@H]1CCCC[C@H]1N1C(=O)C(=O)N(CC(=O)Nc2c(Cl)cccc2Cl)C1=O. The average Bonchev–Trinajstić information content (AvgIpc) is 2.83. The van der Waals surface area contributed by atoms with Crippen LogP contribution in [0.3, 0.4) is 0 Å². The number of imide groups is 2. The van der Waals surface area contributed by atoms with Gasteiger partial charge in [0.2, 0.25) is 5.91 Å². The van der Waals surface area contributed by atoms with Gasteiger partial charge in [0.05, 0.1) is 15.7 Å². The monoisotopic (exact) mass is 411 g/mol. The predicted molar refractivity (Wildman–Crippen MR) is 100 cm³/mol. The van der Waals surface area contributed by atoms with Crippen LogP contribution in [0.1, 0.15) is 32.6 Å². The topological polar surface area (TPSA) is 86.8 Å². The van der Waals surface area contributed by atoms with Crippen molar-refractivity contribution in [1.82, 2.24) is 9.80 Å². The lowest BCUT2D eigenvalue weighted by Crippen LogP contribution is -2.46. The molecule has 0 bridgehead atoms. The van der Waals surface area contributed by atoms with Gasteiger partial charge < -0.3 is 5.32 Å². The first-order chi connectivity index (χ1) is 12.8. The van der Waals surface area contributed by atoms with Gasteiger partial charge >= 0.3 is 17.8 Å². The van der Waals surface area contributed by atoms with E-state index in [4.69, 9.17) is 23.2 Å². The number of anilines is 1. The normalized spacial score (nSPS) is 23.1. The van der Waals surface area contributed by atoms with Crippen LogP contribution in [0.25, 0.3) is 0 Å². The molecule has 27 heavy (non-hydrogen) atoms. The lowest BCUT2D eigenvalue weighted by atomic mass is 9.85. The molecule has 2 atom stereocenters. The number of rotatable bonds is 4. The van der Waals surface area contributed by atoms with Crippen molar-refractivity contribution >= 4 is 52.6 Å². The van der Waals surface area contributed by atoms with Gasteiger partial charge in [-0.05, 0) is 30.9 Å². The number of nitrogens with zero attached hydrogens (tertiary/aromatic N) is 2. The molecule has 1 aliphatic heterocycles. The molecule has 144 valence electrons. The summed E-state index contributed by atoms with van der Waals surface area (Å²) in [5, 5.41) is 2.94. The second-order valence-electron chi connectivity index (χ2n) is 6.82. The molecule has 0 unspecified atom stereocenters. The van der Waals surface area contributed by atoms with E-state index in [9.17, 15) is 19.2 Å². The zero-order valence-electron chi connectivity index (χ0n) is 14.7. The van der Waals surface area contributed by atoms with Gasteiger partial charge in [0, 0.05) is 6.04 Å². The number of carbonyl (C=O) groups excluding carboxylic acids is 4. The average molecular weight is 412 g/mol. The molecule has 1 heterocycles. The van der Waals surface area contributed by atoms with Crippen molar-refractivity contribution in [2.75, 3.05) is 11.9 Å². The number of halogens is 2. The van der Waals surface area contributed by atoms with E-state index in [1.165, 1.54) is 0 Å². The smallest absolute Gasteiger partial charge is 0.322 e. The van der Waals surface area contributed by atoms with E-state index in [0.29, 0.717) is 11.3 Å². The summed E-state index contributed by atoms with van der Waals surface area (Å²) in [6.45, 7) is 1.38. The second kappa shape index (κ2) is 7.86. The number of carbonyl (C=O) groups is 4. The third-order valence-corrected chi connectivity index (χ3v) is 5.64. The van der Waals surface area contributed by atoms with Gasteiger partial charge in [-0.2, -0.15) is 0 Å². The number of hydrogen-bond donors (Lipinski definition) is 1. The third-order valence-electron chi connectivity index (χ3n) is 5.01. The fraction of sp³-hybridized carbons (Fsp3) is 0.444. The first kappa shape index (κ1) is 19.6. The van der Waals surface area contributed by atoms with Crippen LogP contribution in [0.4, 0.5) is 10.5 Å². The van der Waals surface area contributed by atoms with E-state index >= 15 is 0 Å². The van der Waals surface area contributed by atoms with Gasteiger partial charge in [-0.3, -0.25) is 19.3 Å². The van der Waals surface area contributed by atoms with Crippen LogP contribution in [0, 0.1) is 5.92 Å². The summed E-state index contributed by atoms with van der Waals surface area (Å²) in [6, 6.07) is 3.66. The van der Waals surface area contributed by atoms with Crippen molar-refractivity contribution in [3.05, 3.63) is 28.2 Å². The predicted octanol–water partition coefficient (Wildman–Crippen LogP) is 3.30. The number of hydrogen-bond acceptors (Lipinski definition) is 4. The van der Waals surface area contributed by atoms with Gasteiger partial charge in [0.25, 0.3) is 0 Å². The molecule has 0 radical (unpaired) electrons. The molecule has 3 rings (SSSR count). The molecule has 1 aliphatic carbocycles. The highest BCUT2D eigenvalue weighted by Crippen LogP contribution is 2.32. The fourth-order valence-electron chi connectivity index (χ4n) is 3.57. The van der Waals surface area contributed by atoms with Crippen LogP contribution in [0.15, 0.2) is 18.2 Å². The maximum absolute atomic E-state index is 12.7. The quantitative estimate of drug-likeness (QED) is 0.607. The number of para-hydroxylation sites is 1. The highest BCUT2D eigenvalue weighted by Gasteiger charge is 2.49. The Morgan fingerprint density at radius 3 is 2.37 bits per heavy atom. The minimum Gasteiger partial charge on any atom is -0.322 e. The number of benzene rings is 1. The molecule has 1 saturated carbocycles. The van der Waals surface area contributed by atoms with Crippen LogP contribution in [0.5, 0.6) is 0 Å². The Labute approximate surface area is 166 Å². The Hall–Kier alpha value is -2.12. The lowest BCUT2D eigenvalue weighted by molar-refractivity contribution is -0.145. The fourth-order valence-corrected chi connectivity index (χ4v) is 4.07. The van der Waals surface area contributed by atoms with Crippen LogP contribution < -0.4 is 5.32 Å². The van der Waals surface area contributed by atoms with Crippen molar-refractivity contribution in [1.29, 1.82) is 0 Å². The zero-order chi connectivity index (χ0) is 19.7. The summed E-state index contributed by atoms with van der Waals surface area (Å²) in [6.07, 6.45) is 3.49. The van der Waals surface area contributed by atoms with Gasteiger partial charge in [-0.15, -0.1) is 0 Å². The third kappa shape index (κ3) is 3.80. The van der Waals surface area contributed by atoms with E-state index in [-0.39, 0.29) is 27.7 Å². The molecule has 1 saturated heterocycles. The summed E-state index contributed by atoms with van der Waals surface area (Å²) in [7, 11) is 0. The summed E-state index contributed by atoms with van der Waals surface area (Å²) >= 11 is 12.0. The minimum absolute atomic E-state index is 0.121. The van der Waals surface area contributed by atoms with Crippen molar-refractivity contribution in [3.63, 3.8) is 0 Å². The van der Waals surface area contributed by atoms with E-state index in [1.54, 1.807) is 18.2 Å². The molecule has 0 spiro atoms. The van der Waals surface area contributed by atoms with Gasteiger partial charge in [0.15, 0.2) is 0 Å². The minimum atomic E-state index is -0.988. The number of amides is 5. The first-order valence-electron chi connectivity index (χ1n) is 8.74. The number of nitrogens with one attached hydrogen (secondary N) is 1. The van der Waals surface area contributed by atoms with Crippen molar-refractivity contribution < 1.29 is 19.2 Å². The lowest BCUT2D eigenvalue weighted by Gasteiger charge is -2.34. The summed E-state index contributed by atoms with van der Waals surface area (Å²) in [5.41, 5.74) is 0.189. The Bertz CT molecular complexity index is 794. The zero-order valence-corrected chi connectivity index (χ0v) is 16.2. The van der Waals surface area contributed by atoms with Gasteiger partial charge in [0.1, 0.15) is 6.54 Å². The molecule has 7 nitrogen and oxygen atoms in total. The van der Waals surface area contributed by atoms with Crippen molar-refractivity contribution in [2.45, 2.75) is 38.6 Å². The molecule has 1 aromatic rings. The largest absolute Gasteiger partial charge is 0.334 e. The van der Waals surface area contributed by atoms with E-state index < -0.39 is 30.3 Å². The standard InChI is InChI=1S/C18H19Cl2N3O4/c1-10-5-2-3-8-13(10)23-17(26)16(25)22(18(23)27)9-14(24)21-15-11(19)6-4-7-12(15)20/h4,6-7,10,13H,2-3,5,8-9H2,1H3,(H,21,24)/t10-,13+/m0/s1. The molecular weight excluding hydrogens is 393 g/mol. The highest BCUT2D eigenvalue weighted by atomic mass is 35.5. The molecule has 1 N–H and O–H groups in total. The maximum atomic E-state index is 12.7. The van der Waals surface area contributed by atoms with Crippen molar-refractivity contribution in [2.24, 2.45) is 5.92 Å². The molecule has 2 aliphatic rings. The summed E-state index contributed by atoms with van der Waals surface area (Å²) in [4.78, 5) is 51.3. The van der Waals surface area contributed by atoms with Gasteiger partial charge in [-0.1, -0.05) is 49.0 Å². The highest BCUT2D eigenvalue weighted by molar-refractivity contribution is 6.45. The van der Waals surface area contributed by atoms with Crippen LogP contribution in [0.2, 0.25) is 10.0 Å². The number of urea groups is 1. The Kier molecular flexibility index (Phi) is 5.72. The molecule has 2 fully saturated rings. The molecule has 0 aromatic heterocycles. The van der Waals surface area contributed by atoms with Crippen LogP contribution >= 0.6 is 23.2 Å². The summed E-state index contributed by atoms with van der Waals surface area (Å²) in [5.74, 6) is -2.41. The molecular formula is C18H19Cl2N3O4. The first-order valence-corrected chi connectivity index (χ1v) is 9.49. The second-order valence-corrected chi connectivity index (χ2v) is 7.64. The Morgan fingerprint density at radius 1 is 1.11 bits per heavy atom. The van der Waals surface area contributed by atoms with E-state index in [1.807, 2.05) is 6.92 Å². The van der Waals surface area contributed by atoms with E-state index in [2.05, 4.69) is 5.32 Å².